The molecule has 4 rings (SSSR count). The largest absolute Gasteiger partial charge is 0.332 e. The lowest BCUT2D eigenvalue weighted by atomic mass is 9.98. The van der Waals surface area contributed by atoms with Crippen LogP contribution in [0.4, 0.5) is 5.69 Å². The number of hydrogen-bond acceptors (Lipinski definition) is 3. The molecule has 1 aromatic carbocycles. The Balaban J connectivity index is 1.62. The average molecular weight is 397 g/mol. The third-order valence-electron chi connectivity index (χ3n) is 5.48. The van der Waals surface area contributed by atoms with E-state index >= 15 is 0 Å². The van der Waals surface area contributed by atoms with E-state index < -0.39 is 0 Å². The maximum absolute atomic E-state index is 12.7. The lowest BCUT2D eigenvalue weighted by Gasteiger charge is -2.23. The summed E-state index contributed by atoms with van der Waals surface area (Å²) in [6, 6.07) is 7.69. The van der Waals surface area contributed by atoms with Crippen molar-refractivity contribution in [3.8, 4) is 0 Å². The topological polar surface area (TPSA) is 59.0 Å². The van der Waals surface area contributed by atoms with Crippen LogP contribution >= 0.6 is 11.6 Å². The van der Waals surface area contributed by atoms with E-state index in [1.165, 1.54) is 12.8 Å². The predicted molar refractivity (Wildman–Crippen MR) is 114 cm³/mol. The van der Waals surface area contributed by atoms with Gasteiger partial charge in [0.05, 0.1) is 10.6 Å². The Kier molecular flexibility index (Phi) is 5.38. The fraction of sp³-hybridized carbons (Fsp3) is 0.364. The van der Waals surface area contributed by atoms with E-state index in [1.807, 2.05) is 38.1 Å². The molecule has 3 heterocycles. The number of piperidine rings is 1. The molecule has 0 bridgehead atoms. The molecular weight excluding hydrogens is 372 g/mol. The number of aryl methyl sites for hydroxylation is 2. The number of carbonyl (C=O) groups excluding carboxylic acids is 1. The zero-order valence-electron chi connectivity index (χ0n) is 16.3. The van der Waals surface area contributed by atoms with Gasteiger partial charge < -0.3 is 15.2 Å². The fourth-order valence-electron chi connectivity index (χ4n) is 3.88. The molecule has 1 saturated heterocycles. The molecule has 0 spiro atoms. The lowest BCUT2D eigenvalue weighted by Crippen LogP contribution is -2.29. The van der Waals surface area contributed by atoms with E-state index in [4.69, 9.17) is 11.6 Å². The second-order valence-electron chi connectivity index (χ2n) is 7.66. The average Bonchev–Trinajstić information content (AvgIpc) is 3.01. The zero-order chi connectivity index (χ0) is 19.7. The molecule has 6 heteroatoms. The van der Waals surface area contributed by atoms with Gasteiger partial charge in [0.25, 0.3) is 5.91 Å². The quantitative estimate of drug-likeness (QED) is 0.679. The molecule has 0 atom stereocenters. The molecule has 0 unspecified atom stereocenters. The Labute approximate surface area is 170 Å². The van der Waals surface area contributed by atoms with Crippen LogP contribution in [0.2, 0.25) is 5.02 Å². The first kappa shape index (κ1) is 19.0. The van der Waals surface area contributed by atoms with Crippen molar-refractivity contribution in [3.63, 3.8) is 0 Å². The molecule has 0 aliphatic carbocycles. The van der Waals surface area contributed by atoms with Crippen LogP contribution in [0, 0.1) is 19.8 Å². The van der Waals surface area contributed by atoms with Gasteiger partial charge in [-0.15, -0.1) is 0 Å². The standard InChI is InChI=1S/C22H25ClN4O/c1-14-3-5-17(6-4-14)26-22(28)18-11-25-21-19(20(18)23)15(2)12-27(21)13-16-7-9-24-10-8-16/h3-6,11-12,16,24H,7-10,13H2,1-2H3,(H,26,28). The van der Waals surface area contributed by atoms with Gasteiger partial charge in [-0.25, -0.2) is 4.98 Å². The molecule has 1 aliphatic rings. The van der Waals surface area contributed by atoms with Crippen LogP contribution in [0.3, 0.4) is 0 Å². The molecule has 0 saturated carbocycles. The van der Waals surface area contributed by atoms with Crippen LogP contribution in [0.25, 0.3) is 11.0 Å². The molecule has 146 valence electrons. The number of halogens is 1. The monoisotopic (exact) mass is 396 g/mol. The minimum atomic E-state index is -0.242. The number of benzene rings is 1. The maximum atomic E-state index is 12.7. The minimum absolute atomic E-state index is 0.242. The number of fused-ring (bicyclic) bond motifs is 1. The number of nitrogens with zero attached hydrogens (tertiary/aromatic N) is 2. The smallest absolute Gasteiger partial charge is 0.258 e. The van der Waals surface area contributed by atoms with E-state index in [1.54, 1.807) is 6.20 Å². The van der Waals surface area contributed by atoms with Gasteiger partial charge in [0.1, 0.15) is 5.65 Å². The van der Waals surface area contributed by atoms with Crippen molar-refractivity contribution in [2.75, 3.05) is 18.4 Å². The summed E-state index contributed by atoms with van der Waals surface area (Å²) in [5, 5.41) is 7.65. The highest BCUT2D eigenvalue weighted by Gasteiger charge is 2.20. The molecule has 1 fully saturated rings. The van der Waals surface area contributed by atoms with Crippen LogP contribution in [0.1, 0.15) is 34.3 Å². The van der Waals surface area contributed by atoms with Crippen LogP contribution in [-0.4, -0.2) is 28.5 Å². The summed E-state index contributed by atoms with van der Waals surface area (Å²) in [5.74, 6) is 0.398. The van der Waals surface area contributed by atoms with Crippen molar-refractivity contribution in [3.05, 3.63) is 58.4 Å². The number of nitrogens with one attached hydrogen (secondary N) is 2. The Morgan fingerprint density at radius 1 is 1.25 bits per heavy atom. The van der Waals surface area contributed by atoms with E-state index in [2.05, 4.69) is 26.4 Å². The molecule has 1 amide bonds. The van der Waals surface area contributed by atoms with Crippen molar-refractivity contribution in [2.24, 2.45) is 5.92 Å². The molecule has 3 aromatic rings. The fourth-order valence-corrected chi connectivity index (χ4v) is 4.25. The van der Waals surface area contributed by atoms with Crippen LogP contribution in [-0.2, 0) is 6.54 Å². The number of aromatic nitrogens is 2. The van der Waals surface area contributed by atoms with Crippen LogP contribution < -0.4 is 10.6 Å². The first-order chi connectivity index (χ1) is 13.5. The van der Waals surface area contributed by atoms with Crippen LogP contribution in [0.15, 0.2) is 36.7 Å². The molecule has 2 aromatic heterocycles. The van der Waals surface area contributed by atoms with Gasteiger partial charge in [0.15, 0.2) is 0 Å². The highest BCUT2D eigenvalue weighted by molar-refractivity contribution is 6.39. The lowest BCUT2D eigenvalue weighted by molar-refractivity contribution is 0.102. The van der Waals surface area contributed by atoms with Gasteiger partial charge in [-0.05, 0) is 63.4 Å². The van der Waals surface area contributed by atoms with E-state index in [-0.39, 0.29) is 5.91 Å². The Bertz CT molecular complexity index is 1000. The Morgan fingerprint density at radius 2 is 1.96 bits per heavy atom. The number of carbonyl (C=O) groups is 1. The normalized spacial score (nSPS) is 15.1. The highest BCUT2D eigenvalue weighted by atomic mass is 35.5. The second-order valence-corrected chi connectivity index (χ2v) is 8.04. The minimum Gasteiger partial charge on any atom is -0.332 e. The SMILES string of the molecule is Cc1ccc(NC(=O)c2cnc3c(c(C)cn3CC3CCNCC3)c2Cl)cc1. The number of rotatable bonds is 4. The first-order valence-corrected chi connectivity index (χ1v) is 10.1. The molecule has 5 nitrogen and oxygen atoms in total. The van der Waals surface area contributed by atoms with Gasteiger partial charge in [0.2, 0.25) is 0 Å². The maximum Gasteiger partial charge on any atom is 0.258 e. The second kappa shape index (κ2) is 7.94. The number of pyridine rings is 1. The van der Waals surface area contributed by atoms with Gasteiger partial charge in [-0.3, -0.25) is 4.79 Å². The third-order valence-corrected chi connectivity index (χ3v) is 5.87. The summed E-state index contributed by atoms with van der Waals surface area (Å²) in [6.45, 7) is 7.11. The molecule has 28 heavy (non-hydrogen) atoms. The number of amides is 1. The number of hydrogen-bond donors (Lipinski definition) is 2. The third kappa shape index (κ3) is 3.77. The van der Waals surface area contributed by atoms with E-state index in [9.17, 15) is 4.79 Å². The first-order valence-electron chi connectivity index (χ1n) is 9.75. The predicted octanol–water partition coefficient (Wildman–Crippen LogP) is 4.56. The molecule has 0 radical (unpaired) electrons. The number of anilines is 1. The molecule has 1 aliphatic heterocycles. The van der Waals surface area contributed by atoms with Crippen LogP contribution in [0.5, 0.6) is 0 Å². The van der Waals surface area contributed by atoms with Gasteiger partial charge >= 0.3 is 0 Å². The van der Waals surface area contributed by atoms with Gasteiger partial charge in [-0.1, -0.05) is 29.3 Å². The molecule has 2 N–H and O–H groups in total. The Morgan fingerprint density at radius 3 is 2.68 bits per heavy atom. The van der Waals surface area contributed by atoms with Crippen molar-refractivity contribution >= 4 is 34.2 Å². The molecular formula is C22H25ClN4O. The van der Waals surface area contributed by atoms with E-state index in [0.29, 0.717) is 16.5 Å². The van der Waals surface area contributed by atoms with Crippen molar-refractivity contribution < 1.29 is 4.79 Å². The Hall–Kier alpha value is -2.37. The summed E-state index contributed by atoms with van der Waals surface area (Å²) in [7, 11) is 0. The van der Waals surface area contributed by atoms with E-state index in [0.717, 1.165) is 47.5 Å². The highest BCUT2D eigenvalue weighted by Crippen LogP contribution is 2.31. The summed E-state index contributed by atoms with van der Waals surface area (Å²) >= 11 is 6.67. The van der Waals surface area contributed by atoms with Crippen molar-refractivity contribution in [1.29, 1.82) is 0 Å². The van der Waals surface area contributed by atoms with Crippen molar-refractivity contribution in [2.45, 2.75) is 33.2 Å². The van der Waals surface area contributed by atoms with Gasteiger partial charge in [0, 0.05) is 30.0 Å². The zero-order valence-corrected chi connectivity index (χ0v) is 17.0. The van der Waals surface area contributed by atoms with Gasteiger partial charge in [-0.2, -0.15) is 0 Å². The van der Waals surface area contributed by atoms with Crippen molar-refractivity contribution in [1.82, 2.24) is 14.9 Å². The summed E-state index contributed by atoms with van der Waals surface area (Å²) in [6.07, 6.45) is 6.03. The summed E-state index contributed by atoms with van der Waals surface area (Å²) < 4.78 is 2.19. The summed E-state index contributed by atoms with van der Waals surface area (Å²) in [4.78, 5) is 17.4. The summed E-state index contributed by atoms with van der Waals surface area (Å²) in [5.41, 5.74) is 4.19.